The summed E-state index contributed by atoms with van der Waals surface area (Å²) in [6, 6.07) is 9.45. The summed E-state index contributed by atoms with van der Waals surface area (Å²) in [6.07, 6.45) is 0. The number of nitrogens with two attached hydrogens (primary N) is 1. The van der Waals surface area contributed by atoms with E-state index >= 15 is 0 Å². The highest BCUT2D eigenvalue weighted by molar-refractivity contribution is 5.97. The first-order valence-electron chi connectivity index (χ1n) is 11.9. The Morgan fingerprint density at radius 3 is 2.60 bits per heavy atom. The van der Waals surface area contributed by atoms with E-state index in [4.69, 9.17) is 30.2 Å². The minimum atomic E-state index is -0.548. The van der Waals surface area contributed by atoms with Crippen LogP contribution in [0.5, 0.6) is 5.75 Å². The van der Waals surface area contributed by atoms with E-state index < -0.39 is 5.91 Å². The Morgan fingerprint density at radius 1 is 1.09 bits per heavy atom. The number of morpholine rings is 1. The maximum atomic E-state index is 11.9. The number of aromatic nitrogens is 3. The number of piperazine rings is 1. The number of nitrogens with zero attached hydrogens (tertiary/aromatic N) is 6. The van der Waals surface area contributed by atoms with Gasteiger partial charge in [-0.15, -0.1) is 0 Å². The number of anilines is 2. The number of carbonyl (C=O) groups excluding carboxylic acids is 1. The molecule has 2 N–H and O–H groups in total. The first-order valence-corrected chi connectivity index (χ1v) is 11.9. The number of pyridine rings is 1. The van der Waals surface area contributed by atoms with Crippen LogP contribution in [0.1, 0.15) is 17.3 Å². The molecule has 0 radical (unpaired) electrons. The Bertz CT molecular complexity index is 1240. The topological polar surface area (TPSA) is 110 Å². The van der Waals surface area contributed by atoms with Crippen LogP contribution >= 0.6 is 0 Å². The zero-order valence-corrected chi connectivity index (χ0v) is 20.4. The van der Waals surface area contributed by atoms with E-state index in [0.29, 0.717) is 41.8 Å². The second kappa shape index (κ2) is 9.63. The average Bonchev–Trinajstić information content (AvgIpc) is 2.88. The maximum absolute atomic E-state index is 11.9. The van der Waals surface area contributed by atoms with E-state index in [1.165, 1.54) is 7.11 Å². The zero-order valence-electron chi connectivity index (χ0n) is 20.4. The molecule has 0 unspecified atom stereocenters. The first-order chi connectivity index (χ1) is 16.9. The van der Waals surface area contributed by atoms with Crippen LogP contribution in [0.25, 0.3) is 22.3 Å². The summed E-state index contributed by atoms with van der Waals surface area (Å²) in [4.78, 5) is 33.6. The number of amides is 1. The molecule has 2 fully saturated rings. The van der Waals surface area contributed by atoms with Gasteiger partial charge in [-0.1, -0.05) is 0 Å². The number of primary amides is 1. The highest BCUT2D eigenvalue weighted by Gasteiger charge is 2.26. The highest BCUT2D eigenvalue weighted by Crippen LogP contribution is 2.32. The third-order valence-electron chi connectivity index (χ3n) is 6.71. The summed E-state index contributed by atoms with van der Waals surface area (Å²) in [7, 11) is 3.64. The molecule has 2 aliphatic heterocycles. The van der Waals surface area contributed by atoms with Gasteiger partial charge in [0.05, 0.1) is 43.0 Å². The maximum Gasteiger partial charge on any atom is 0.252 e. The number of hydrogen-bond acceptors (Lipinski definition) is 9. The standard InChI is InChI=1S/C25H31N7O3/c1-16-15-35-13-12-32(16)24-18-5-6-20(17-4-7-21(34-3)19(14-17)22(26)33)27-23(18)28-25(29-24)31-10-8-30(2)9-11-31/h4-7,14,16H,8-13,15H2,1-3H3,(H2,26,33)/t16-/m0/s1. The first kappa shape index (κ1) is 23.3. The Kier molecular flexibility index (Phi) is 6.40. The lowest BCUT2D eigenvalue weighted by Crippen LogP contribution is -2.46. The number of hydrogen-bond donors (Lipinski definition) is 1. The van der Waals surface area contributed by atoms with Crippen molar-refractivity contribution in [2.45, 2.75) is 13.0 Å². The molecule has 5 rings (SSSR count). The molecule has 2 saturated heterocycles. The monoisotopic (exact) mass is 477 g/mol. The zero-order chi connectivity index (χ0) is 24.5. The molecule has 35 heavy (non-hydrogen) atoms. The van der Waals surface area contributed by atoms with Gasteiger partial charge < -0.3 is 29.9 Å². The number of rotatable bonds is 5. The van der Waals surface area contributed by atoms with Crippen molar-refractivity contribution in [3.05, 3.63) is 35.9 Å². The summed E-state index contributed by atoms with van der Waals surface area (Å²) in [6.45, 7) is 7.86. The fourth-order valence-electron chi connectivity index (χ4n) is 4.61. The number of likely N-dealkylation sites (N-methyl/N-ethyl adjacent to an activating group) is 1. The summed E-state index contributed by atoms with van der Waals surface area (Å²) in [5, 5.41) is 0.893. The molecule has 0 spiro atoms. The number of ether oxygens (including phenoxy) is 2. The van der Waals surface area contributed by atoms with E-state index in [1.807, 2.05) is 18.2 Å². The Morgan fingerprint density at radius 2 is 1.89 bits per heavy atom. The highest BCUT2D eigenvalue weighted by atomic mass is 16.5. The second-order valence-corrected chi connectivity index (χ2v) is 9.10. The minimum absolute atomic E-state index is 0.196. The van der Waals surface area contributed by atoms with Gasteiger partial charge in [-0.2, -0.15) is 9.97 Å². The van der Waals surface area contributed by atoms with E-state index in [0.717, 1.165) is 49.5 Å². The molecule has 0 bridgehead atoms. The number of benzene rings is 1. The summed E-state index contributed by atoms with van der Waals surface area (Å²) in [5.41, 5.74) is 7.97. The molecule has 2 aromatic heterocycles. The van der Waals surface area contributed by atoms with Crippen LogP contribution in [0.2, 0.25) is 0 Å². The lowest BCUT2D eigenvalue weighted by atomic mass is 10.1. The second-order valence-electron chi connectivity index (χ2n) is 9.10. The summed E-state index contributed by atoms with van der Waals surface area (Å²) in [5.74, 6) is 1.46. The van der Waals surface area contributed by atoms with E-state index in [2.05, 4.69) is 28.7 Å². The van der Waals surface area contributed by atoms with Crippen LogP contribution in [0.4, 0.5) is 11.8 Å². The van der Waals surface area contributed by atoms with Crippen molar-refractivity contribution in [3.8, 4) is 17.0 Å². The minimum Gasteiger partial charge on any atom is -0.496 e. The van der Waals surface area contributed by atoms with Gasteiger partial charge in [0.25, 0.3) is 5.91 Å². The van der Waals surface area contributed by atoms with Crippen LogP contribution in [-0.4, -0.2) is 91.9 Å². The molecule has 1 atom stereocenters. The lowest BCUT2D eigenvalue weighted by Gasteiger charge is -2.36. The lowest BCUT2D eigenvalue weighted by molar-refractivity contribution is 0.0986. The molecule has 2 aliphatic rings. The van der Waals surface area contributed by atoms with Gasteiger partial charge in [0.1, 0.15) is 11.6 Å². The largest absolute Gasteiger partial charge is 0.496 e. The average molecular weight is 478 g/mol. The predicted molar refractivity (Wildman–Crippen MR) is 135 cm³/mol. The molecule has 0 saturated carbocycles. The SMILES string of the molecule is COc1ccc(-c2ccc3c(N4CCOC[C@@H]4C)nc(N4CCN(C)CC4)nc3n2)cc1C(N)=O. The third kappa shape index (κ3) is 4.59. The number of carbonyl (C=O) groups is 1. The van der Waals surface area contributed by atoms with Crippen LogP contribution in [0.3, 0.4) is 0 Å². The quantitative estimate of drug-likeness (QED) is 0.588. The Hall–Kier alpha value is -3.50. The Labute approximate surface area is 204 Å². The van der Waals surface area contributed by atoms with Gasteiger partial charge in [0.15, 0.2) is 5.65 Å². The molecule has 1 aromatic carbocycles. The van der Waals surface area contributed by atoms with Crippen molar-refractivity contribution in [2.75, 3.05) is 69.9 Å². The van der Waals surface area contributed by atoms with Gasteiger partial charge in [-0.05, 0) is 44.3 Å². The van der Waals surface area contributed by atoms with Gasteiger partial charge in [-0.25, -0.2) is 4.98 Å². The molecular weight excluding hydrogens is 446 g/mol. The number of methoxy groups -OCH3 is 1. The van der Waals surface area contributed by atoms with Crippen molar-refractivity contribution in [3.63, 3.8) is 0 Å². The normalized spacial score (nSPS) is 19.2. The molecule has 10 nitrogen and oxygen atoms in total. The molecule has 184 valence electrons. The van der Waals surface area contributed by atoms with Crippen molar-refractivity contribution in [1.29, 1.82) is 0 Å². The predicted octanol–water partition coefficient (Wildman–Crippen LogP) is 1.78. The Balaban J connectivity index is 1.62. The summed E-state index contributed by atoms with van der Waals surface area (Å²) >= 11 is 0. The number of fused-ring (bicyclic) bond motifs is 1. The smallest absolute Gasteiger partial charge is 0.252 e. The van der Waals surface area contributed by atoms with Crippen LogP contribution in [-0.2, 0) is 4.74 Å². The van der Waals surface area contributed by atoms with Gasteiger partial charge in [-0.3, -0.25) is 4.79 Å². The molecular formula is C25H31N7O3. The molecule has 10 heteroatoms. The third-order valence-corrected chi connectivity index (χ3v) is 6.71. The van der Waals surface area contributed by atoms with E-state index in [9.17, 15) is 4.79 Å². The van der Waals surface area contributed by atoms with Crippen molar-refractivity contribution in [2.24, 2.45) is 5.73 Å². The molecule has 1 amide bonds. The van der Waals surface area contributed by atoms with Crippen molar-refractivity contribution in [1.82, 2.24) is 19.9 Å². The van der Waals surface area contributed by atoms with E-state index in [-0.39, 0.29) is 6.04 Å². The molecule has 3 aromatic rings. The van der Waals surface area contributed by atoms with Gasteiger partial charge in [0, 0.05) is 38.3 Å². The summed E-state index contributed by atoms with van der Waals surface area (Å²) < 4.78 is 11.0. The van der Waals surface area contributed by atoms with Crippen molar-refractivity contribution >= 4 is 28.7 Å². The van der Waals surface area contributed by atoms with Crippen LogP contribution < -0.4 is 20.3 Å². The van der Waals surface area contributed by atoms with Crippen LogP contribution in [0.15, 0.2) is 30.3 Å². The van der Waals surface area contributed by atoms with Gasteiger partial charge in [0.2, 0.25) is 5.95 Å². The molecule has 0 aliphatic carbocycles. The fraction of sp³-hybridized carbons (Fsp3) is 0.440. The fourth-order valence-corrected chi connectivity index (χ4v) is 4.61. The van der Waals surface area contributed by atoms with Crippen molar-refractivity contribution < 1.29 is 14.3 Å². The van der Waals surface area contributed by atoms with E-state index in [1.54, 1.807) is 12.1 Å². The molecule has 4 heterocycles. The van der Waals surface area contributed by atoms with Crippen LogP contribution in [0, 0.1) is 0 Å². The van der Waals surface area contributed by atoms with Gasteiger partial charge >= 0.3 is 0 Å².